The van der Waals surface area contributed by atoms with Crippen molar-refractivity contribution >= 4 is 11.6 Å². The van der Waals surface area contributed by atoms with E-state index in [0.717, 1.165) is 11.6 Å². The third-order valence-corrected chi connectivity index (χ3v) is 3.00. The van der Waals surface area contributed by atoms with Crippen LogP contribution in [-0.4, -0.2) is 11.5 Å². The molecule has 2 N–H and O–H groups in total. The lowest BCUT2D eigenvalue weighted by Crippen LogP contribution is -2.12. The van der Waals surface area contributed by atoms with Crippen molar-refractivity contribution in [3.8, 4) is 0 Å². The van der Waals surface area contributed by atoms with Crippen LogP contribution in [-0.2, 0) is 0 Å². The first-order valence-electron chi connectivity index (χ1n) is 6.63. The summed E-state index contributed by atoms with van der Waals surface area (Å²) in [5.41, 5.74) is 0.770. The van der Waals surface area contributed by atoms with Crippen LogP contribution in [0, 0.1) is 17.5 Å². The predicted molar refractivity (Wildman–Crippen MR) is 76.8 cm³/mol. The number of halogens is 3. The van der Waals surface area contributed by atoms with Crippen molar-refractivity contribution in [1.29, 1.82) is 0 Å². The molecule has 0 saturated heterocycles. The molecule has 0 radical (unpaired) electrons. The SMILES string of the molecule is CCNc1nc(NC(C)c2ccc(F)cc2)c(F)cc1F. The number of benzene rings is 1. The standard InChI is InChI=1S/C15H16F3N3/c1-3-19-14-12(17)8-13(18)15(21-14)20-9(2)10-4-6-11(16)7-5-10/h4-9H,3H2,1-2H3,(H2,19,20,21). The molecule has 0 fully saturated rings. The topological polar surface area (TPSA) is 37.0 Å². The number of hydrogen-bond donors (Lipinski definition) is 2. The van der Waals surface area contributed by atoms with Gasteiger partial charge in [-0.2, -0.15) is 0 Å². The zero-order valence-electron chi connectivity index (χ0n) is 11.8. The predicted octanol–water partition coefficient (Wildman–Crippen LogP) is 4.10. The highest BCUT2D eigenvalue weighted by Gasteiger charge is 2.14. The summed E-state index contributed by atoms with van der Waals surface area (Å²) < 4.78 is 40.1. The quantitative estimate of drug-likeness (QED) is 0.872. The fraction of sp³-hybridized carbons (Fsp3) is 0.267. The minimum Gasteiger partial charge on any atom is -0.368 e. The van der Waals surface area contributed by atoms with Crippen LogP contribution in [0.5, 0.6) is 0 Å². The van der Waals surface area contributed by atoms with Crippen molar-refractivity contribution in [3.63, 3.8) is 0 Å². The van der Waals surface area contributed by atoms with Gasteiger partial charge in [0.1, 0.15) is 5.82 Å². The smallest absolute Gasteiger partial charge is 0.168 e. The molecule has 3 nitrogen and oxygen atoms in total. The Morgan fingerprint density at radius 1 is 1.05 bits per heavy atom. The number of nitrogens with one attached hydrogen (secondary N) is 2. The molecule has 0 bridgehead atoms. The summed E-state index contributed by atoms with van der Waals surface area (Å²) in [6.07, 6.45) is 0. The van der Waals surface area contributed by atoms with Crippen molar-refractivity contribution in [1.82, 2.24) is 4.98 Å². The Morgan fingerprint density at radius 3 is 2.29 bits per heavy atom. The number of pyridine rings is 1. The van der Waals surface area contributed by atoms with E-state index in [1.54, 1.807) is 26.0 Å². The highest BCUT2D eigenvalue weighted by molar-refractivity contribution is 5.48. The maximum absolute atomic E-state index is 13.8. The normalized spacial score (nSPS) is 12.0. The van der Waals surface area contributed by atoms with Gasteiger partial charge >= 0.3 is 0 Å². The Hall–Kier alpha value is -2.24. The Kier molecular flexibility index (Phi) is 4.67. The molecule has 0 amide bonds. The second-order valence-electron chi connectivity index (χ2n) is 4.60. The highest BCUT2D eigenvalue weighted by atomic mass is 19.1. The molecule has 1 atom stereocenters. The third-order valence-electron chi connectivity index (χ3n) is 3.00. The second kappa shape index (κ2) is 6.47. The van der Waals surface area contributed by atoms with Crippen LogP contribution in [0.3, 0.4) is 0 Å². The Bertz CT molecular complexity index is 614. The zero-order valence-corrected chi connectivity index (χ0v) is 11.8. The molecule has 21 heavy (non-hydrogen) atoms. The molecule has 0 saturated carbocycles. The molecule has 0 spiro atoms. The second-order valence-corrected chi connectivity index (χ2v) is 4.60. The van der Waals surface area contributed by atoms with Crippen molar-refractivity contribution in [3.05, 3.63) is 53.3 Å². The average Bonchev–Trinajstić information content (AvgIpc) is 2.45. The van der Waals surface area contributed by atoms with E-state index in [1.807, 2.05) is 0 Å². The Balaban J connectivity index is 2.22. The minimum atomic E-state index is -0.775. The summed E-state index contributed by atoms with van der Waals surface area (Å²) in [6.45, 7) is 4.05. The lowest BCUT2D eigenvalue weighted by molar-refractivity contribution is 0.576. The van der Waals surface area contributed by atoms with Gasteiger partial charge in [0.15, 0.2) is 23.3 Å². The van der Waals surface area contributed by atoms with Crippen LogP contribution in [0.15, 0.2) is 30.3 Å². The molecule has 2 aromatic rings. The zero-order chi connectivity index (χ0) is 15.4. The summed E-state index contributed by atoms with van der Waals surface area (Å²) in [5.74, 6) is -1.92. The lowest BCUT2D eigenvalue weighted by Gasteiger charge is -2.16. The minimum absolute atomic E-state index is 0.00675. The largest absolute Gasteiger partial charge is 0.368 e. The van der Waals surface area contributed by atoms with Gasteiger partial charge < -0.3 is 10.6 Å². The molecule has 2 rings (SSSR count). The molecule has 0 aliphatic rings. The Labute approximate surface area is 121 Å². The van der Waals surface area contributed by atoms with E-state index in [4.69, 9.17) is 0 Å². The van der Waals surface area contributed by atoms with Crippen LogP contribution < -0.4 is 10.6 Å². The molecular formula is C15H16F3N3. The van der Waals surface area contributed by atoms with Gasteiger partial charge in [0, 0.05) is 12.6 Å². The molecule has 0 aliphatic heterocycles. The third kappa shape index (κ3) is 3.65. The van der Waals surface area contributed by atoms with Crippen LogP contribution in [0.1, 0.15) is 25.5 Å². The van der Waals surface area contributed by atoms with Crippen molar-refractivity contribution in [2.24, 2.45) is 0 Å². The lowest BCUT2D eigenvalue weighted by atomic mass is 10.1. The van der Waals surface area contributed by atoms with Crippen LogP contribution >= 0.6 is 0 Å². The molecule has 1 unspecified atom stereocenters. The van der Waals surface area contributed by atoms with Gasteiger partial charge in [-0.25, -0.2) is 18.2 Å². The number of anilines is 2. The van der Waals surface area contributed by atoms with Gasteiger partial charge in [0.2, 0.25) is 0 Å². The molecule has 0 aliphatic carbocycles. The van der Waals surface area contributed by atoms with Crippen LogP contribution in [0.2, 0.25) is 0 Å². The number of hydrogen-bond acceptors (Lipinski definition) is 3. The molecular weight excluding hydrogens is 279 g/mol. The molecule has 6 heteroatoms. The van der Waals surface area contributed by atoms with Crippen molar-refractivity contribution < 1.29 is 13.2 Å². The van der Waals surface area contributed by atoms with E-state index >= 15 is 0 Å². The number of aromatic nitrogens is 1. The molecule has 1 heterocycles. The van der Waals surface area contributed by atoms with Crippen LogP contribution in [0.25, 0.3) is 0 Å². The summed E-state index contributed by atoms with van der Waals surface area (Å²) in [4.78, 5) is 3.90. The summed E-state index contributed by atoms with van der Waals surface area (Å²) in [5, 5.41) is 5.58. The van der Waals surface area contributed by atoms with Gasteiger partial charge in [-0.3, -0.25) is 0 Å². The fourth-order valence-corrected chi connectivity index (χ4v) is 1.90. The first kappa shape index (κ1) is 15.2. The van der Waals surface area contributed by atoms with Gasteiger partial charge in [-0.15, -0.1) is 0 Å². The number of nitrogens with zero attached hydrogens (tertiary/aromatic N) is 1. The fourth-order valence-electron chi connectivity index (χ4n) is 1.90. The molecule has 1 aromatic heterocycles. The van der Waals surface area contributed by atoms with Crippen molar-refractivity contribution in [2.75, 3.05) is 17.2 Å². The van der Waals surface area contributed by atoms with Gasteiger partial charge in [0.05, 0.1) is 6.04 Å². The van der Waals surface area contributed by atoms with Gasteiger partial charge in [0.25, 0.3) is 0 Å². The molecule has 112 valence electrons. The first-order valence-corrected chi connectivity index (χ1v) is 6.63. The number of rotatable bonds is 5. The highest BCUT2D eigenvalue weighted by Crippen LogP contribution is 2.23. The monoisotopic (exact) mass is 295 g/mol. The van der Waals surface area contributed by atoms with E-state index in [2.05, 4.69) is 15.6 Å². The first-order chi connectivity index (χ1) is 10.0. The van der Waals surface area contributed by atoms with E-state index in [1.165, 1.54) is 12.1 Å². The van der Waals surface area contributed by atoms with E-state index in [0.29, 0.717) is 6.54 Å². The van der Waals surface area contributed by atoms with E-state index in [-0.39, 0.29) is 23.5 Å². The maximum Gasteiger partial charge on any atom is 0.168 e. The van der Waals surface area contributed by atoms with E-state index < -0.39 is 11.6 Å². The summed E-state index contributed by atoms with van der Waals surface area (Å²) >= 11 is 0. The van der Waals surface area contributed by atoms with Crippen LogP contribution in [0.4, 0.5) is 24.8 Å². The summed E-state index contributed by atoms with van der Waals surface area (Å²) in [6, 6.07) is 6.33. The van der Waals surface area contributed by atoms with E-state index in [9.17, 15) is 13.2 Å². The maximum atomic E-state index is 13.8. The van der Waals surface area contributed by atoms with Gasteiger partial charge in [-0.05, 0) is 31.5 Å². The van der Waals surface area contributed by atoms with Gasteiger partial charge in [-0.1, -0.05) is 12.1 Å². The average molecular weight is 295 g/mol. The van der Waals surface area contributed by atoms with Crippen molar-refractivity contribution in [2.45, 2.75) is 19.9 Å². The molecule has 1 aromatic carbocycles. The Morgan fingerprint density at radius 2 is 1.67 bits per heavy atom. The summed E-state index contributed by atoms with van der Waals surface area (Å²) in [7, 11) is 0.